The third-order valence-electron chi connectivity index (χ3n) is 6.76. The van der Waals surface area contributed by atoms with Crippen LogP contribution in [0.1, 0.15) is 22.3 Å². The van der Waals surface area contributed by atoms with Gasteiger partial charge in [0.1, 0.15) is 6.54 Å². The molecule has 1 saturated heterocycles. The van der Waals surface area contributed by atoms with E-state index in [1.54, 1.807) is 54.6 Å². The van der Waals surface area contributed by atoms with Crippen molar-refractivity contribution in [1.82, 2.24) is 9.21 Å². The van der Waals surface area contributed by atoms with Crippen LogP contribution < -0.4 is 4.31 Å². The fourth-order valence-electron chi connectivity index (χ4n) is 4.48. The minimum absolute atomic E-state index is 0.102. The first-order valence-corrected chi connectivity index (χ1v) is 15.3. The Morgan fingerprint density at radius 2 is 1.21 bits per heavy atom. The number of hydrogen-bond donors (Lipinski definition) is 0. The second kappa shape index (κ2) is 10.9. The van der Waals surface area contributed by atoms with Gasteiger partial charge in [-0.15, -0.1) is 0 Å². The highest BCUT2D eigenvalue weighted by atomic mass is 32.2. The van der Waals surface area contributed by atoms with Crippen molar-refractivity contribution in [1.29, 1.82) is 0 Å². The maximum atomic E-state index is 13.7. The molecule has 0 N–H and O–H groups in total. The zero-order valence-corrected chi connectivity index (χ0v) is 23.7. The Hall–Kier alpha value is -3.21. The number of carbonyl (C=O) groups excluding carboxylic acids is 1. The number of rotatable bonds is 7. The number of benzene rings is 3. The lowest BCUT2D eigenvalue weighted by molar-refractivity contribution is -0.130. The maximum Gasteiger partial charge on any atom is 0.264 e. The van der Waals surface area contributed by atoms with Crippen molar-refractivity contribution < 1.29 is 21.6 Å². The summed E-state index contributed by atoms with van der Waals surface area (Å²) < 4.78 is 56.1. The minimum atomic E-state index is -4.03. The van der Waals surface area contributed by atoms with Crippen molar-refractivity contribution in [3.63, 3.8) is 0 Å². The molecule has 3 aromatic carbocycles. The summed E-state index contributed by atoms with van der Waals surface area (Å²) in [7, 11) is -7.71. The number of piperazine rings is 1. The van der Waals surface area contributed by atoms with Gasteiger partial charge in [-0.2, -0.15) is 4.31 Å². The average molecular weight is 556 g/mol. The molecule has 0 aliphatic carbocycles. The first kappa shape index (κ1) is 27.8. The van der Waals surface area contributed by atoms with Gasteiger partial charge in [0.2, 0.25) is 15.9 Å². The molecule has 4 rings (SSSR count). The van der Waals surface area contributed by atoms with Crippen molar-refractivity contribution in [2.75, 3.05) is 37.0 Å². The van der Waals surface area contributed by atoms with Gasteiger partial charge >= 0.3 is 0 Å². The van der Waals surface area contributed by atoms with Crippen molar-refractivity contribution >= 4 is 31.6 Å². The van der Waals surface area contributed by atoms with E-state index in [0.29, 0.717) is 5.69 Å². The molecule has 8 nitrogen and oxygen atoms in total. The van der Waals surface area contributed by atoms with E-state index in [4.69, 9.17) is 0 Å². The standard InChI is InChI=1S/C28H33N3O5S2/c1-21-5-10-25(11-6-21)37(33,34)30-17-15-29(16-18-30)28(32)20-31(27-14-9-23(3)19-24(27)4)38(35,36)26-12-7-22(2)8-13-26/h5-14,19H,15-18,20H2,1-4H3. The van der Waals surface area contributed by atoms with Crippen molar-refractivity contribution in [3.05, 3.63) is 89.0 Å². The van der Waals surface area contributed by atoms with Gasteiger partial charge in [-0.25, -0.2) is 16.8 Å². The predicted octanol–water partition coefficient (Wildman–Crippen LogP) is 3.65. The molecule has 0 unspecified atom stereocenters. The second-order valence-electron chi connectivity index (χ2n) is 9.71. The molecule has 0 atom stereocenters. The summed E-state index contributed by atoms with van der Waals surface area (Å²) in [5.74, 6) is -0.381. The molecule has 10 heteroatoms. The van der Waals surface area contributed by atoms with Crippen molar-refractivity contribution in [3.8, 4) is 0 Å². The van der Waals surface area contributed by atoms with Crippen LogP contribution in [0.5, 0.6) is 0 Å². The molecule has 0 radical (unpaired) electrons. The molecule has 1 fully saturated rings. The molecule has 0 spiro atoms. The Morgan fingerprint density at radius 1 is 0.711 bits per heavy atom. The SMILES string of the molecule is Cc1ccc(S(=O)(=O)N2CCN(C(=O)CN(c3ccc(C)cc3C)S(=O)(=O)c3ccc(C)cc3)CC2)cc1. The zero-order chi connectivity index (χ0) is 27.7. The van der Waals surface area contributed by atoms with Crippen LogP contribution in [0.15, 0.2) is 76.5 Å². The van der Waals surface area contributed by atoms with Crippen LogP contribution in [0.3, 0.4) is 0 Å². The summed E-state index contributed by atoms with van der Waals surface area (Å²) >= 11 is 0. The highest BCUT2D eigenvalue weighted by Crippen LogP contribution is 2.28. The lowest BCUT2D eigenvalue weighted by Crippen LogP contribution is -2.53. The van der Waals surface area contributed by atoms with Crippen LogP contribution >= 0.6 is 0 Å². The second-order valence-corrected chi connectivity index (χ2v) is 13.5. The molecule has 3 aromatic rings. The van der Waals surface area contributed by atoms with Gasteiger partial charge in [0.25, 0.3) is 10.0 Å². The number of amides is 1. The molecule has 0 saturated carbocycles. The lowest BCUT2D eigenvalue weighted by Gasteiger charge is -2.35. The monoisotopic (exact) mass is 555 g/mol. The van der Waals surface area contributed by atoms with Crippen LogP contribution in [0.2, 0.25) is 0 Å². The summed E-state index contributed by atoms with van der Waals surface area (Å²) in [6.07, 6.45) is 0. The van der Waals surface area contributed by atoms with E-state index in [0.717, 1.165) is 26.6 Å². The van der Waals surface area contributed by atoms with E-state index in [2.05, 4.69) is 0 Å². The smallest absolute Gasteiger partial charge is 0.264 e. The third kappa shape index (κ3) is 5.77. The molecule has 38 heavy (non-hydrogen) atoms. The van der Waals surface area contributed by atoms with E-state index in [-0.39, 0.29) is 48.4 Å². The topological polar surface area (TPSA) is 95.1 Å². The van der Waals surface area contributed by atoms with Gasteiger partial charge in [-0.1, -0.05) is 53.1 Å². The molecule has 0 aromatic heterocycles. The first-order chi connectivity index (χ1) is 17.9. The third-order valence-corrected chi connectivity index (χ3v) is 10.4. The Bertz CT molecular complexity index is 1530. The Labute approximate surface area is 225 Å². The van der Waals surface area contributed by atoms with Crippen LogP contribution in [0, 0.1) is 27.7 Å². The molecule has 1 aliphatic rings. The van der Waals surface area contributed by atoms with Gasteiger partial charge in [-0.05, 0) is 63.6 Å². The fourth-order valence-corrected chi connectivity index (χ4v) is 7.38. The van der Waals surface area contributed by atoms with E-state index >= 15 is 0 Å². The Morgan fingerprint density at radius 3 is 1.74 bits per heavy atom. The molecule has 1 aliphatic heterocycles. The highest BCUT2D eigenvalue weighted by molar-refractivity contribution is 7.92. The van der Waals surface area contributed by atoms with Crippen LogP contribution in [0.4, 0.5) is 5.69 Å². The average Bonchev–Trinajstić information content (AvgIpc) is 2.88. The summed E-state index contributed by atoms with van der Waals surface area (Å²) in [6, 6.07) is 18.6. The van der Waals surface area contributed by atoms with Gasteiger partial charge in [0.15, 0.2) is 0 Å². The van der Waals surface area contributed by atoms with Gasteiger partial charge in [-0.3, -0.25) is 9.10 Å². The van der Waals surface area contributed by atoms with Crippen LogP contribution in [-0.4, -0.2) is 64.7 Å². The fraction of sp³-hybridized carbons (Fsp3) is 0.321. The van der Waals surface area contributed by atoms with Crippen molar-refractivity contribution in [2.45, 2.75) is 37.5 Å². The zero-order valence-electron chi connectivity index (χ0n) is 22.1. The maximum absolute atomic E-state index is 13.7. The summed E-state index contributed by atoms with van der Waals surface area (Å²) in [6.45, 7) is 7.74. The summed E-state index contributed by atoms with van der Waals surface area (Å²) in [4.78, 5) is 15.3. The number of nitrogens with zero attached hydrogens (tertiary/aromatic N) is 3. The van der Waals surface area contributed by atoms with E-state index < -0.39 is 20.0 Å². The normalized spacial score (nSPS) is 14.9. The largest absolute Gasteiger partial charge is 0.338 e. The number of sulfonamides is 2. The highest BCUT2D eigenvalue weighted by Gasteiger charge is 2.33. The lowest BCUT2D eigenvalue weighted by atomic mass is 10.1. The summed E-state index contributed by atoms with van der Waals surface area (Å²) in [5, 5.41) is 0. The van der Waals surface area contributed by atoms with E-state index in [1.807, 2.05) is 39.8 Å². The van der Waals surface area contributed by atoms with E-state index in [9.17, 15) is 21.6 Å². The van der Waals surface area contributed by atoms with E-state index in [1.165, 1.54) is 9.21 Å². The number of aryl methyl sites for hydroxylation is 4. The minimum Gasteiger partial charge on any atom is -0.338 e. The summed E-state index contributed by atoms with van der Waals surface area (Å²) in [5.41, 5.74) is 4.05. The van der Waals surface area contributed by atoms with Crippen LogP contribution in [0.25, 0.3) is 0 Å². The van der Waals surface area contributed by atoms with Gasteiger partial charge in [0.05, 0.1) is 15.5 Å². The quantitative estimate of drug-likeness (QED) is 0.444. The predicted molar refractivity (Wildman–Crippen MR) is 148 cm³/mol. The van der Waals surface area contributed by atoms with Gasteiger partial charge in [0, 0.05) is 26.2 Å². The van der Waals surface area contributed by atoms with Gasteiger partial charge < -0.3 is 4.90 Å². The Balaban J connectivity index is 1.55. The molecule has 1 heterocycles. The van der Waals surface area contributed by atoms with Crippen LogP contribution in [-0.2, 0) is 24.8 Å². The molecular formula is C28H33N3O5S2. The molecule has 202 valence electrons. The van der Waals surface area contributed by atoms with Crippen molar-refractivity contribution in [2.24, 2.45) is 0 Å². The number of anilines is 1. The molecule has 0 bridgehead atoms. The molecular weight excluding hydrogens is 522 g/mol. The first-order valence-electron chi connectivity index (χ1n) is 12.4. The number of carbonyl (C=O) groups is 1. The Kier molecular flexibility index (Phi) is 7.96. The molecule has 1 amide bonds. The number of hydrogen-bond acceptors (Lipinski definition) is 5.